The fourth-order valence-corrected chi connectivity index (χ4v) is 5.24. The Bertz CT molecular complexity index is 609. The van der Waals surface area contributed by atoms with Gasteiger partial charge in [0.15, 0.2) is 0 Å². The number of carbonyl (C=O) groups excluding carboxylic acids is 1. The van der Waals surface area contributed by atoms with E-state index in [2.05, 4.69) is 12.2 Å². The predicted molar refractivity (Wildman–Crippen MR) is 80.9 cm³/mol. The second-order valence-electron chi connectivity index (χ2n) is 5.35. The Balaban J connectivity index is 2.03. The lowest BCUT2D eigenvalue weighted by atomic mass is 9.98. The maximum Gasteiger partial charge on any atom is 0.262 e. The van der Waals surface area contributed by atoms with Crippen LogP contribution in [0.5, 0.6) is 0 Å². The monoisotopic (exact) mass is 335 g/mol. The van der Waals surface area contributed by atoms with Crippen LogP contribution in [0.1, 0.15) is 40.7 Å². The summed E-state index contributed by atoms with van der Waals surface area (Å²) < 4.78 is 22.7. The van der Waals surface area contributed by atoms with Crippen LogP contribution in [0.25, 0.3) is 0 Å². The normalized spacial score (nSPS) is 22.9. The molecule has 1 aromatic heterocycles. The van der Waals surface area contributed by atoms with Crippen molar-refractivity contribution in [1.82, 2.24) is 5.32 Å². The average Bonchev–Trinajstić information content (AvgIpc) is 2.92. The van der Waals surface area contributed by atoms with Gasteiger partial charge in [0, 0.05) is 22.1 Å². The first-order chi connectivity index (χ1) is 9.29. The van der Waals surface area contributed by atoms with Gasteiger partial charge in [-0.2, -0.15) is 0 Å². The van der Waals surface area contributed by atoms with Crippen LogP contribution < -0.4 is 5.32 Å². The SMILES string of the molecule is Cc1sc(C(=O)NCC2CCCC2C)cc1S(=O)(=O)Cl. The van der Waals surface area contributed by atoms with Crippen LogP contribution in [0.15, 0.2) is 11.0 Å². The van der Waals surface area contributed by atoms with Crippen molar-refractivity contribution in [3.8, 4) is 0 Å². The number of hydrogen-bond donors (Lipinski definition) is 1. The molecule has 7 heteroatoms. The van der Waals surface area contributed by atoms with Gasteiger partial charge in [-0.15, -0.1) is 11.3 Å². The zero-order valence-electron chi connectivity index (χ0n) is 11.5. The molecule has 1 fully saturated rings. The zero-order chi connectivity index (χ0) is 14.9. The van der Waals surface area contributed by atoms with Crippen molar-refractivity contribution in [3.05, 3.63) is 15.8 Å². The summed E-state index contributed by atoms with van der Waals surface area (Å²) in [5.41, 5.74) is 0. The van der Waals surface area contributed by atoms with E-state index < -0.39 is 9.05 Å². The summed E-state index contributed by atoms with van der Waals surface area (Å²) in [5.74, 6) is 0.944. The minimum atomic E-state index is -3.78. The molecule has 1 aliphatic rings. The van der Waals surface area contributed by atoms with Crippen LogP contribution >= 0.6 is 22.0 Å². The number of amides is 1. The van der Waals surface area contributed by atoms with Crippen molar-refractivity contribution >= 4 is 37.0 Å². The molecule has 0 bridgehead atoms. The smallest absolute Gasteiger partial charge is 0.262 e. The van der Waals surface area contributed by atoms with E-state index in [0.29, 0.717) is 28.1 Å². The summed E-state index contributed by atoms with van der Waals surface area (Å²) >= 11 is 1.16. The summed E-state index contributed by atoms with van der Waals surface area (Å²) in [6, 6.07) is 1.36. The van der Waals surface area contributed by atoms with Crippen molar-refractivity contribution in [2.24, 2.45) is 11.8 Å². The van der Waals surface area contributed by atoms with E-state index in [4.69, 9.17) is 10.7 Å². The highest BCUT2D eigenvalue weighted by Crippen LogP contribution is 2.31. The van der Waals surface area contributed by atoms with Gasteiger partial charge < -0.3 is 5.32 Å². The third-order valence-electron chi connectivity index (χ3n) is 3.92. The maximum absolute atomic E-state index is 12.1. The lowest BCUT2D eigenvalue weighted by Gasteiger charge is -2.15. The van der Waals surface area contributed by atoms with E-state index in [1.165, 1.54) is 18.9 Å². The summed E-state index contributed by atoms with van der Waals surface area (Å²) in [4.78, 5) is 13.0. The van der Waals surface area contributed by atoms with E-state index in [1.54, 1.807) is 6.92 Å². The fraction of sp³-hybridized carbons (Fsp3) is 0.615. The van der Waals surface area contributed by atoms with Crippen molar-refractivity contribution in [2.75, 3.05) is 6.54 Å². The molecule has 1 saturated carbocycles. The van der Waals surface area contributed by atoms with Gasteiger partial charge in [0.05, 0.1) is 9.77 Å². The summed E-state index contributed by atoms with van der Waals surface area (Å²) in [6.07, 6.45) is 3.58. The van der Waals surface area contributed by atoms with Gasteiger partial charge in [0.2, 0.25) is 0 Å². The number of hydrogen-bond acceptors (Lipinski definition) is 4. The van der Waals surface area contributed by atoms with Crippen LogP contribution in [0, 0.1) is 18.8 Å². The van der Waals surface area contributed by atoms with Gasteiger partial charge in [-0.25, -0.2) is 8.42 Å². The molecule has 0 radical (unpaired) electrons. The van der Waals surface area contributed by atoms with Gasteiger partial charge in [0.1, 0.15) is 0 Å². The third-order valence-corrected chi connectivity index (χ3v) is 6.55. The van der Waals surface area contributed by atoms with E-state index in [-0.39, 0.29) is 10.8 Å². The van der Waals surface area contributed by atoms with Crippen molar-refractivity contribution in [3.63, 3.8) is 0 Å². The minimum Gasteiger partial charge on any atom is -0.351 e. The Morgan fingerprint density at radius 1 is 1.50 bits per heavy atom. The second kappa shape index (κ2) is 6.03. The van der Waals surface area contributed by atoms with E-state index in [1.807, 2.05) is 0 Å². The first-order valence-corrected chi connectivity index (χ1v) is 9.75. The molecule has 112 valence electrons. The molecule has 4 nitrogen and oxygen atoms in total. The highest BCUT2D eigenvalue weighted by atomic mass is 35.7. The molecule has 0 saturated heterocycles. The van der Waals surface area contributed by atoms with Crippen molar-refractivity contribution in [1.29, 1.82) is 0 Å². The molecular weight excluding hydrogens is 318 g/mol. The molecule has 20 heavy (non-hydrogen) atoms. The second-order valence-corrected chi connectivity index (χ2v) is 9.14. The molecule has 1 aromatic rings. The van der Waals surface area contributed by atoms with E-state index in [0.717, 1.165) is 17.8 Å². The molecule has 1 aliphatic carbocycles. The third kappa shape index (κ3) is 3.54. The Kier molecular flexibility index (Phi) is 4.76. The lowest BCUT2D eigenvalue weighted by Crippen LogP contribution is -2.29. The van der Waals surface area contributed by atoms with Gasteiger partial charge >= 0.3 is 0 Å². The van der Waals surface area contributed by atoms with Crippen LogP contribution in [0.3, 0.4) is 0 Å². The highest BCUT2D eigenvalue weighted by molar-refractivity contribution is 8.13. The number of carbonyl (C=O) groups is 1. The quantitative estimate of drug-likeness (QED) is 0.860. The maximum atomic E-state index is 12.1. The summed E-state index contributed by atoms with van der Waals surface area (Å²) in [7, 11) is 1.55. The number of nitrogens with one attached hydrogen (secondary N) is 1. The zero-order valence-corrected chi connectivity index (χ0v) is 13.9. The standard InChI is InChI=1S/C13H18ClNO3S2/c1-8-4-3-5-10(8)7-15-13(16)11-6-12(9(2)19-11)20(14,17)18/h6,8,10H,3-5,7H2,1-2H3,(H,15,16). The number of aryl methyl sites for hydroxylation is 1. The molecule has 0 aromatic carbocycles. The largest absolute Gasteiger partial charge is 0.351 e. The van der Waals surface area contributed by atoms with Crippen LogP contribution in [0.4, 0.5) is 0 Å². The molecule has 0 aliphatic heterocycles. The van der Waals surface area contributed by atoms with Gasteiger partial charge in [-0.3, -0.25) is 4.79 Å². The minimum absolute atomic E-state index is 0.0311. The average molecular weight is 336 g/mol. The molecule has 0 spiro atoms. The van der Waals surface area contributed by atoms with Gasteiger partial charge in [0.25, 0.3) is 15.0 Å². The van der Waals surface area contributed by atoms with Crippen LogP contribution in [-0.2, 0) is 9.05 Å². The molecule has 2 rings (SSSR count). The lowest BCUT2D eigenvalue weighted by molar-refractivity contribution is 0.0948. The molecule has 1 heterocycles. The Hall–Kier alpha value is -0.590. The topological polar surface area (TPSA) is 63.2 Å². The summed E-state index contributed by atoms with van der Waals surface area (Å²) in [6.45, 7) is 4.51. The van der Waals surface area contributed by atoms with Crippen molar-refractivity contribution < 1.29 is 13.2 Å². The molecule has 2 atom stereocenters. The Morgan fingerprint density at radius 2 is 2.20 bits per heavy atom. The number of rotatable bonds is 4. The Labute approximate surface area is 127 Å². The first-order valence-electron chi connectivity index (χ1n) is 6.62. The molecule has 1 N–H and O–H groups in total. The van der Waals surface area contributed by atoms with Gasteiger partial charge in [-0.1, -0.05) is 19.8 Å². The highest BCUT2D eigenvalue weighted by Gasteiger charge is 2.25. The Morgan fingerprint density at radius 3 is 2.70 bits per heavy atom. The molecule has 2 unspecified atom stereocenters. The number of halogens is 1. The number of thiophene rings is 1. The van der Waals surface area contributed by atoms with Crippen LogP contribution in [0.2, 0.25) is 0 Å². The van der Waals surface area contributed by atoms with E-state index in [9.17, 15) is 13.2 Å². The van der Waals surface area contributed by atoms with Crippen LogP contribution in [-0.4, -0.2) is 20.9 Å². The van der Waals surface area contributed by atoms with E-state index >= 15 is 0 Å². The first kappa shape index (κ1) is 15.8. The molecule has 1 amide bonds. The molecular formula is C13H18ClNO3S2. The van der Waals surface area contributed by atoms with Crippen molar-refractivity contribution in [2.45, 2.75) is 38.0 Å². The fourth-order valence-electron chi connectivity index (χ4n) is 2.66. The summed E-state index contributed by atoms with van der Waals surface area (Å²) in [5, 5.41) is 2.90. The van der Waals surface area contributed by atoms with Gasteiger partial charge in [-0.05, 0) is 31.2 Å². The predicted octanol–water partition coefficient (Wildman–Crippen LogP) is 3.15.